The second kappa shape index (κ2) is 4.27. The van der Waals surface area contributed by atoms with E-state index in [0.717, 1.165) is 0 Å². The summed E-state index contributed by atoms with van der Waals surface area (Å²) in [5.74, 6) is 0. The molecule has 1 aromatic rings. The molecular formula is C11H14N2O6. The molecule has 0 aromatic carbocycles. The van der Waals surface area contributed by atoms with Crippen LogP contribution in [0.15, 0.2) is 15.8 Å². The highest BCUT2D eigenvalue weighted by Crippen LogP contribution is 2.41. The third-order valence-electron chi connectivity index (χ3n) is 3.58. The van der Waals surface area contributed by atoms with E-state index in [1.165, 1.54) is 10.8 Å². The monoisotopic (exact) mass is 270 g/mol. The van der Waals surface area contributed by atoms with Crippen LogP contribution in [0.3, 0.4) is 0 Å². The van der Waals surface area contributed by atoms with Crippen molar-refractivity contribution in [2.45, 2.75) is 37.6 Å². The van der Waals surface area contributed by atoms with Crippen LogP contribution < -0.4 is 11.2 Å². The molecule has 2 aliphatic rings. The number of aromatic nitrogens is 2. The first-order chi connectivity index (χ1) is 9.02. The van der Waals surface area contributed by atoms with Crippen molar-refractivity contribution in [2.24, 2.45) is 0 Å². The fourth-order valence-corrected chi connectivity index (χ4v) is 2.49. The average Bonchev–Trinajstić information content (AvgIpc) is 2.35. The Hall–Kier alpha value is -1.48. The van der Waals surface area contributed by atoms with Crippen molar-refractivity contribution in [2.75, 3.05) is 6.61 Å². The number of ether oxygens (including phenoxy) is 2. The molecule has 8 nitrogen and oxygen atoms in total. The van der Waals surface area contributed by atoms with Gasteiger partial charge in [0.05, 0.1) is 6.61 Å². The van der Waals surface area contributed by atoms with Gasteiger partial charge in [-0.1, -0.05) is 0 Å². The van der Waals surface area contributed by atoms with Gasteiger partial charge in [-0.2, -0.15) is 0 Å². The number of rotatable bonds is 2. The summed E-state index contributed by atoms with van der Waals surface area (Å²) in [6.45, 7) is 1.27. The topological polar surface area (TPSA) is 114 Å². The molecule has 1 aromatic heterocycles. The smallest absolute Gasteiger partial charge is 0.328 e. The largest absolute Gasteiger partial charge is 0.394 e. The molecule has 2 saturated heterocycles. The Bertz CT molecular complexity index is 608. The number of nitrogens with one attached hydrogen (secondary N) is 1. The Balaban J connectivity index is 1.96. The third-order valence-corrected chi connectivity index (χ3v) is 3.58. The molecule has 0 aliphatic carbocycles. The molecule has 19 heavy (non-hydrogen) atoms. The Morgan fingerprint density at radius 1 is 1.42 bits per heavy atom. The maximum Gasteiger partial charge on any atom is 0.328 e. The number of H-pyrrole nitrogens is 1. The van der Waals surface area contributed by atoms with E-state index in [2.05, 4.69) is 4.98 Å². The van der Waals surface area contributed by atoms with Gasteiger partial charge in [-0.25, -0.2) is 4.79 Å². The first-order valence-electron chi connectivity index (χ1n) is 5.95. The second-order valence-corrected chi connectivity index (χ2v) is 4.79. The number of hydrogen-bond acceptors (Lipinski definition) is 6. The number of fused-ring (bicyclic) bond motifs is 2. The molecule has 2 unspecified atom stereocenters. The SMILES string of the molecule is Cc1cn([C@@H]2C3O[C@H](CO)C(O)[C@@H]2O3)c(=O)[nH]c1=O. The van der Waals surface area contributed by atoms with Gasteiger partial charge in [-0.05, 0) is 6.92 Å². The summed E-state index contributed by atoms with van der Waals surface area (Å²) in [5.41, 5.74) is -0.628. The molecular weight excluding hydrogens is 256 g/mol. The fourth-order valence-electron chi connectivity index (χ4n) is 2.49. The van der Waals surface area contributed by atoms with Gasteiger partial charge in [0.2, 0.25) is 0 Å². The normalized spacial score (nSPS) is 36.9. The van der Waals surface area contributed by atoms with Gasteiger partial charge < -0.3 is 19.7 Å². The van der Waals surface area contributed by atoms with Gasteiger partial charge in [0.15, 0.2) is 6.29 Å². The van der Waals surface area contributed by atoms with Crippen molar-refractivity contribution in [1.29, 1.82) is 0 Å². The van der Waals surface area contributed by atoms with Crippen LogP contribution in [0.2, 0.25) is 0 Å². The Labute approximate surface area is 107 Å². The lowest BCUT2D eigenvalue weighted by atomic mass is 9.91. The first-order valence-corrected chi connectivity index (χ1v) is 5.95. The second-order valence-electron chi connectivity index (χ2n) is 4.79. The average molecular weight is 270 g/mol. The van der Waals surface area contributed by atoms with Crippen LogP contribution in [0.5, 0.6) is 0 Å². The molecule has 3 rings (SSSR count). The first kappa shape index (κ1) is 12.5. The summed E-state index contributed by atoms with van der Waals surface area (Å²) in [6, 6.07) is -0.499. The lowest BCUT2D eigenvalue weighted by Crippen LogP contribution is -2.68. The molecule has 104 valence electrons. The summed E-state index contributed by atoms with van der Waals surface area (Å²) in [6.07, 6.45) is -1.63. The van der Waals surface area contributed by atoms with E-state index in [-0.39, 0.29) is 6.61 Å². The van der Waals surface area contributed by atoms with Crippen LogP contribution in [0, 0.1) is 6.92 Å². The highest BCUT2D eigenvalue weighted by atomic mass is 16.7. The van der Waals surface area contributed by atoms with Crippen LogP contribution in [0.1, 0.15) is 11.6 Å². The van der Waals surface area contributed by atoms with E-state index in [0.29, 0.717) is 5.56 Å². The number of hydrogen-bond donors (Lipinski definition) is 3. The van der Waals surface area contributed by atoms with Crippen molar-refractivity contribution in [3.05, 3.63) is 32.6 Å². The van der Waals surface area contributed by atoms with E-state index >= 15 is 0 Å². The zero-order chi connectivity index (χ0) is 13.7. The van der Waals surface area contributed by atoms with Crippen molar-refractivity contribution < 1.29 is 19.7 Å². The Morgan fingerprint density at radius 3 is 2.79 bits per heavy atom. The van der Waals surface area contributed by atoms with Crippen molar-refractivity contribution >= 4 is 0 Å². The van der Waals surface area contributed by atoms with Gasteiger partial charge in [-0.3, -0.25) is 14.3 Å². The highest BCUT2D eigenvalue weighted by molar-refractivity contribution is 5.07. The molecule has 2 aliphatic heterocycles. The number of aliphatic hydroxyl groups is 2. The summed E-state index contributed by atoms with van der Waals surface area (Å²) < 4.78 is 11.9. The predicted molar refractivity (Wildman–Crippen MR) is 61.7 cm³/mol. The van der Waals surface area contributed by atoms with E-state index < -0.39 is 41.9 Å². The molecule has 3 heterocycles. The fraction of sp³-hybridized carbons (Fsp3) is 0.636. The predicted octanol–water partition coefficient (Wildman–Crippen LogP) is -2.14. The Morgan fingerprint density at radius 2 is 2.16 bits per heavy atom. The third kappa shape index (κ3) is 1.76. The van der Waals surface area contributed by atoms with Gasteiger partial charge in [0.25, 0.3) is 5.56 Å². The maximum atomic E-state index is 11.8. The molecule has 5 atom stereocenters. The minimum absolute atomic E-state index is 0.316. The van der Waals surface area contributed by atoms with Crippen LogP contribution in [0.25, 0.3) is 0 Å². The van der Waals surface area contributed by atoms with Crippen LogP contribution in [0.4, 0.5) is 0 Å². The van der Waals surface area contributed by atoms with Crippen molar-refractivity contribution in [3.8, 4) is 0 Å². The zero-order valence-electron chi connectivity index (χ0n) is 10.1. The quantitative estimate of drug-likeness (QED) is 0.565. The number of aliphatic hydroxyl groups excluding tert-OH is 2. The molecule has 8 heteroatoms. The van der Waals surface area contributed by atoms with E-state index in [1.807, 2.05) is 0 Å². The molecule has 0 radical (unpaired) electrons. The van der Waals surface area contributed by atoms with E-state index in [9.17, 15) is 14.7 Å². The minimum Gasteiger partial charge on any atom is -0.394 e. The van der Waals surface area contributed by atoms with Crippen molar-refractivity contribution in [1.82, 2.24) is 9.55 Å². The van der Waals surface area contributed by atoms with Gasteiger partial charge >= 0.3 is 5.69 Å². The van der Waals surface area contributed by atoms with Gasteiger partial charge in [-0.15, -0.1) is 0 Å². The molecule has 0 spiro atoms. The lowest BCUT2D eigenvalue weighted by Gasteiger charge is -2.53. The number of nitrogens with zero attached hydrogens (tertiary/aromatic N) is 1. The molecule has 3 N–H and O–H groups in total. The minimum atomic E-state index is -1.01. The summed E-state index contributed by atoms with van der Waals surface area (Å²) >= 11 is 0. The molecule has 2 bridgehead atoms. The number of aromatic amines is 1. The van der Waals surface area contributed by atoms with E-state index in [4.69, 9.17) is 14.6 Å². The summed E-state index contributed by atoms with van der Waals surface area (Å²) in [4.78, 5) is 25.3. The Kier molecular flexibility index (Phi) is 2.82. The lowest BCUT2D eigenvalue weighted by molar-refractivity contribution is -0.388. The van der Waals surface area contributed by atoms with Gasteiger partial charge in [0.1, 0.15) is 24.4 Å². The van der Waals surface area contributed by atoms with Crippen LogP contribution in [-0.2, 0) is 9.47 Å². The maximum absolute atomic E-state index is 11.8. The van der Waals surface area contributed by atoms with Gasteiger partial charge in [0, 0.05) is 11.8 Å². The standard InChI is InChI=1S/C11H14N2O6/c1-4-2-13(11(17)12-9(4)16)6-8-7(15)5(3-14)18-10(6)19-8/h2,5-8,10,14-15H,3H2,1H3,(H,12,16,17)/t5-,6+,7?,8-,10?/m1/s1. The van der Waals surface area contributed by atoms with E-state index in [1.54, 1.807) is 6.92 Å². The van der Waals surface area contributed by atoms with Crippen LogP contribution >= 0.6 is 0 Å². The zero-order valence-corrected chi connectivity index (χ0v) is 10.1. The molecule has 0 amide bonds. The molecule has 0 saturated carbocycles. The summed E-state index contributed by atoms with van der Waals surface area (Å²) in [5, 5.41) is 19.0. The van der Waals surface area contributed by atoms with Crippen LogP contribution in [-0.4, -0.2) is 51.0 Å². The number of aryl methyl sites for hydroxylation is 1. The highest BCUT2D eigenvalue weighted by Gasteiger charge is 2.56. The van der Waals surface area contributed by atoms with Crippen molar-refractivity contribution in [3.63, 3.8) is 0 Å². The molecule has 2 fully saturated rings. The summed E-state index contributed by atoms with van der Waals surface area (Å²) in [7, 11) is 0.